The van der Waals surface area contributed by atoms with Crippen molar-refractivity contribution < 1.29 is 19.1 Å². The Morgan fingerprint density at radius 3 is 2.57 bits per heavy atom. The van der Waals surface area contributed by atoms with Crippen LogP contribution in [0, 0.1) is 5.92 Å². The van der Waals surface area contributed by atoms with Crippen LogP contribution in [0.4, 0.5) is 5.69 Å². The fourth-order valence-electron chi connectivity index (χ4n) is 2.27. The van der Waals surface area contributed by atoms with Crippen LogP contribution in [-0.4, -0.2) is 42.9 Å². The first kappa shape index (κ1) is 18.7. The predicted octanol–water partition coefficient (Wildman–Crippen LogP) is 2.31. The van der Waals surface area contributed by atoms with E-state index in [1.54, 1.807) is 36.1 Å². The number of benzene rings is 1. The SMILES string of the molecule is CCCN(CC(C)C(=O)OC)C(=O)c1cccc(NC(C)=O)c1. The summed E-state index contributed by atoms with van der Waals surface area (Å²) in [6.07, 6.45) is 0.783. The van der Waals surface area contributed by atoms with Crippen molar-refractivity contribution >= 4 is 23.5 Å². The first-order valence-corrected chi connectivity index (χ1v) is 7.63. The highest BCUT2D eigenvalue weighted by molar-refractivity contribution is 5.97. The Kier molecular flexibility index (Phi) is 7.25. The van der Waals surface area contributed by atoms with Crippen LogP contribution in [0.5, 0.6) is 0 Å². The first-order chi connectivity index (χ1) is 10.9. The highest BCUT2D eigenvalue weighted by Gasteiger charge is 2.22. The van der Waals surface area contributed by atoms with Crippen molar-refractivity contribution in [1.82, 2.24) is 4.90 Å². The van der Waals surface area contributed by atoms with Gasteiger partial charge in [0.1, 0.15) is 0 Å². The van der Waals surface area contributed by atoms with Gasteiger partial charge in [-0.3, -0.25) is 14.4 Å². The minimum atomic E-state index is -0.394. The number of esters is 1. The Balaban J connectivity index is 2.92. The number of nitrogens with one attached hydrogen (secondary N) is 1. The molecule has 0 fully saturated rings. The Morgan fingerprint density at radius 2 is 2.00 bits per heavy atom. The van der Waals surface area contributed by atoms with Crippen LogP contribution >= 0.6 is 0 Å². The molecule has 6 heteroatoms. The van der Waals surface area contributed by atoms with Crippen molar-refractivity contribution in [3.63, 3.8) is 0 Å². The van der Waals surface area contributed by atoms with E-state index in [0.717, 1.165) is 6.42 Å². The van der Waals surface area contributed by atoms with E-state index in [2.05, 4.69) is 5.32 Å². The quantitative estimate of drug-likeness (QED) is 0.782. The summed E-state index contributed by atoms with van der Waals surface area (Å²) < 4.78 is 4.71. The number of hydrogen-bond acceptors (Lipinski definition) is 4. The number of ether oxygens (including phenoxy) is 1. The van der Waals surface area contributed by atoms with Gasteiger partial charge in [0.15, 0.2) is 0 Å². The van der Waals surface area contributed by atoms with E-state index < -0.39 is 5.92 Å². The maximum absolute atomic E-state index is 12.7. The molecular formula is C17H24N2O4. The Hall–Kier alpha value is -2.37. The van der Waals surface area contributed by atoms with Gasteiger partial charge in [-0.25, -0.2) is 0 Å². The zero-order valence-electron chi connectivity index (χ0n) is 14.1. The number of hydrogen-bond donors (Lipinski definition) is 1. The molecule has 0 aliphatic heterocycles. The molecule has 0 aromatic heterocycles. The topological polar surface area (TPSA) is 75.7 Å². The number of carbonyl (C=O) groups is 3. The van der Waals surface area contributed by atoms with E-state index in [9.17, 15) is 14.4 Å². The Morgan fingerprint density at radius 1 is 1.30 bits per heavy atom. The summed E-state index contributed by atoms with van der Waals surface area (Å²) in [4.78, 5) is 37.0. The minimum absolute atomic E-state index is 0.171. The number of carbonyl (C=O) groups excluding carboxylic acids is 3. The maximum Gasteiger partial charge on any atom is 0.310 e. The van der Waals surface area contributed by atoms with Gasteiger partial charge in [-0.15, -0.1) is 0 Å². The van der Waals surface area contributed by atoms with Gasteiger partial charge >= 0.3 is 5.97 Å². The largest absolute Gasteiger partial charge is 0.469 e. The van der Waals surface area contributed by atoms with E-state index >= 15 is 0 Å². The van der Waals surface area contributed by atoms with Crippen LogP contribution in [0.15, 0.2) is 24.3 Å². The van der Waals surface area contributed by atoms with Crippen molar-refractivity contribution in [3.8, 4) is 0 Å². The second kappa shape index (κ2) is 8.92. The van der Waals surface area contributed by atoms with Crippen molar-refractivity contribution in [2.45, 2.75) is 27.2 Å². The fraction of sp³-hybridized carbons (Fsp3) is 0.471. The molecule has 0 spiro atoms. The number of anilines is 1. The van der Waals surface area contributed by atoms with E-state index in [0.29, 0.717) is 24.3 Å². The molecule has 2 amide bonds. The molecule has 0 saturated carbocycles. The molecule has 1 aromatic rings. The van der Waals surface area contributed by atoms with Gasteiger partial charge in [0, 0.05) is 31.3 Å². The van der Waals surface area contributed by atoms with E-state index in [1.165, 1.54) is 14.0 Å². The summed E-state index contributed by atoms with van der Waals surface area (Å²) in [6, 6.07) is 6.76. The standard InChI is InChI=1S/C17H24N2O4/c1-5-9-19(11-12(2)17(22)23-4)16(21)14-7-6-8-15(10-14)18-13(3)20/h6-8,10,12H,5,9,11H2,1-4H3,(H,18,20). The zero-order chi connectivity index (χ0) is 17.4. The van der Waals surface area contributed by atoms with Crippen molar-refractivity contribution in [1.29, 1.82) is 0 Å². The summed E-state index contributed by atoms with van der Waals surface area (Å²) in [5.74, 6) is -1.10. The van der Waals surface area contributed by atoms with Gasteiger partial charge in [-0.2, -0.15) is 0 Å². The molecule has 0 aliphatic rings. The van der Waals surface area contributed by atoms with E-state index in [-0.39, 0.29) is 17.8 Å². The van der Waals surface area contributed by atoms with Gasteiger partial charge in [-0.1, -0.05) is 19.9 Å². The lowest BCUT2D eigenvalue weighted by Gasteiger charge is -2.25. The molecule has 0 aliphatic carbocycles. The van der Waals surface area contributed by atoms with Crippen LogP contribution in [0.3, 0.4) is 0 Å². The second-order valence-electron chi connectivity index (χ2n) is 5.44. The predicted molar refractivity (Wildman–Crippen MR) is 88.1 cm³/mol. The van der Waals surface area contributed by atoms with E-state index in [1.807, 2.05) is 6.92 Å². The molecular weight excluding hydrogens is 296 g/mol. The molecule has 0 saturated heterocycles. The second-order valence-corrected chi connectivity index (χ2v) is 5.44. The molecule has 0 heterocycles. The van der Waals surface area contributed by atoms with Crippen LogP contribution in [0.2, 0.25) is 0 Å². The molecule has 0 bridgehead atoms. The fourth-order valence-corrected chi connectivity index (χ4v) is 2.27. The number of amides is 2. The molecule has 0 radical (unpaired) electrons. The van der Waals surface area contributed by atoms with Crippen LogP contribution < -0.4 is 5.32 Å². The van der Waals surface area contributed by atoms with Gasteiger partial charge in [0.05, 0.1) is 13.0 Å². The van der Waals surface area contributed by atoms with Crippen molar-refractivity contribution in [3.05, 3.63) is 29.8 Å². The normalized spacial score (nSPS) is 11.5. The molecule has 1 rings (SSSR count). The van der Waals surface area contributed by atoms with Gasteiger partial charge in [0.25, 0.3) is 5.91 Å². The Labute approximate surface area is 136 Å². The third-order valence-corrected chi connectivity index (χ3v) is 3.31. The van der Waals surface area contributed by atoms with Gasteiger partial charge in [0.2, 0.25) is 5.91 Å². The number of methoxy groups -OCH3 is 1. The molecule has 1 unspecified atom stereocenters. The lowest BCUT2D eigenvalue weighted by Crippen LogP contribution is -2.37. The monoisotopic (exact) mass is 320 g/mol. The summed E-state index contributed by atoms with van der Waals surface area (Å²) in [6.45, 7) is 5.95. The molecule has 23 heavy (non-hydrogen) atoms. The molecule has 1 aromatic carbocycles. The van der Waals surface area contributed by atoms with Gasteiger partial charge < -0.3 is 15.0 Å². The molecule has 1 atom stereocenters. The average molecular weight is 320 g/mol. The Bertz CT molecular complexity index is 571. The summed E-state index contributed by atoms with van der Waals surface area (Å²) in [7, 11) is 1.34. The molecule has 126 valence electrons. The first-order valence-electron chi connectivity index (χ1n) is 7.63. The third-order valence-electron chi connectivity index (χ3n) is 3.31. The average Bonchev–Trinajstić information content (AvgIpc) is 2.52. The lowest BCUT2D eigenvalue weighted by atomic mass is 10.1. The number of nitrogens with zero attached hydrogens (tertiary/aromatic N) is 1. The number of rotatable bonds is 7. The van der Waals surface area contributed by atoms with Crippen molar-refractivity contribution in [2.75, 3.05) is 25.5 Å². The van der Waals surface area contributed by atoms with Gasteiger partial charge in [-0.05, 0) is 24.6 Å². The minimum Gasteiger partial charge on any atom is -0.469 e. The lowest BCUT2D eigenvalue weighted by molar-refractivity contribution is -0.145. The highest BCUT2D eigenvalue weighted by Crippen LogP contribution is 2.14. The summed E-state index contributed by atoms with van der Waals surface area (Å²) >= 11 is 0. The molecule has 1 N–H and O–H groups in total. The molecule has 6 nitrogen and oxygen atoms in total. The van der Waals surface area contributed by atoms with E-state index in [4.69, 9.17) is 4.74 Å². The maximum atomic E-state index is 12.7. The summed E-state index contributed by atoms with van der Waals surface area (Å²) in [5, 5.41) is 2.66. The van der Waals surface area contributed by atoms with Crippen molar-refractivity contribution in [2.24, 2.45) is 5.92 Å². The van der Waals surface area contributed by atoms with Crippen LogP contribution in [0.25, 0.3) is 0 Å². The highest BCUT2D eigenvalue weighted by atomic mass is 16.5. The zero-order valence-corrected chi connectivity index (χ0v) is 14.1. The summed E-state index contributed by atoms with van der Waals surface area (Å²) in [5.41, 5.74) is 1.04. The third kappa shape index (κ3) is 5.73. The van der Waals surface area contributed by atoms with Crippen LogP contribution in [0.1, 0.15) is 37.6 Å². The van der Waals surface area contributed by atoms with Crippen LogP contribution in [-0.2, 0) is 14.3 Å². The smallest absolute Gasteiger partial charge is 0.310 e.